The van der Waals surface area contributed by atoms with Crippen molar-refractivity contribution in [2.45, 2.75) is 36.1 Å². The molecule has 2 aromatic heterocycles. The molecular weight excluding hydrogens is 389 g/mol. The molecule has 10 heteroatoms. The summed E-state index contributed by atoms with van der Waals surface area (Å²) in [5.41, 5.74) is 0.153. The summed E-state index contributed by atoms with van der Waals surface area (Å²) in [5, 5.41) is 15.3. The van der Waals surface area contributed by atoms with Gasteiger partial charge in [-0.3, -0.25) is 9.59 Å². The van der Waals surface area contributed by atoms with E-state index in [4.69, 9.17) is 0 Å². The molecule has 0 unspecified atom stereocenters. The summed E-state index contributed by atoms with van der Waals surface area (Å²) in [4.78, 5) is 25.0. The number of nitrogens with one attached hydrogen (secondary N) is 1. The van der Waals surface area contributed by atoms with E-state index in [0.717, 1.165) is 25.7 Å². The van der Waals surface area contributed by atoms with Crippen molar-refractivity contribution < 1.29 is 9.18 Å². The Morgan fingerprint density at radius 2 is 2.00 bits per heavy atom. The normalized spacial score (nSPS) is 14.7. The minimum atomic E-state index is -0.426. The maximum atomic E-state index is 13.1. The molecule has 0 radical (unpaired) electrons. The molecule has 1 aliphatic carbocycles. The molecule has 0 atom stereocenters. The van der Waals surface area contributed by atoms with E-state index in [0.29, 0.717) is 14.9 Å². The summed E-state index contributed by atoms with van der Waals surface area (Å²) in [5.74, 6) is -0.184. The molecule has 0 spiro atoms. The van der Waals surface area contributed by atoms with Crippen molar-refractivity contribution in [3.05, 3.63) is 40.4 Å². The van der Waals surface area contributed by atoms with E-state index >= 15 is 0 Å². The molecule has 1 fully saturated rings. The molecule has 0 saturated heterocycles. The maximum absolute atomic E-state index is 13.1. The van der Waals surface area contributed by atoms with Crippen LogP contribution in [-0.4, -0.2) is 37.5 Å². The smallest absolute Gasteiger partial charge is 0.302 e. The average Bonchev–Trinajstić information content (AvgIpc) is 3.31. The van der Waals surface area contributed by atoms with Crippen LogP contribution in [0.15, 0.2) is 33.4 Å². The van der Waals surface area contributed by atoms with Crippen molar-refractivity contribution in [2.75, 3.05) is 5.75 Å². The van der Waals surface area contributed by atoms with E-state index in [2.05, 4.69) is 20.6 Å². The standard InChI is InChI=1S/C17H16FN5O2S2/c18-11-7-5-10(6-8-11)14-15(25)23-16(21-20-14)27-17(22-23)26-9-13(24)19-12-3-1-2-4-12/h5-8,12H,1-4,9H2,(H,19,24). The van der Waals surface area contributed by atoms with Crippen molar-refractivity contribution in [1.29, 1.82) is 0 Å². The van der Waals surface area contributed by atoms with E-state index in [1.165, 1.54) is 51.9 Å². The lowest BCUT2D eigenvalue weighted by Crippen LogP contribution is -2.33. The van der Waals surface area contributed by atoms with E-state index in [9.17, 15) is 14.0 Å². The van der Waals surface area contributed by atoms with Gasteiger partial charge in [0.05, 0.1) is 5.75 Å². The lowest BCUT2D eigenvalue weighted by atomic mass is 10.2. The van der Waals surface area contributed by atoms with Gasteiger partial charge in [-0.2, -0.15) is 4.52 Å². The number of amides is 1. The Bertz CT molecular complexity index is 1030. The molecule has 3 aromatic rings. The fourth-order valence-corrected chi connectivity index (χ4v) is 4.70. The van der Waals surface area contributed by atoms with Crippen LogP contribution in [0.2, 0.25) is 0 Å². The number of halogens is 1. The molecule has 1 amide bonds. The Morgan fingerprint density at radius 3 is 2.74 bits per heavy atom. The number of rotatable bonds is 5. The van der Waals surface area contributed by atoms with Crippen molar-refractivity contribution in [2.24, 2.45) is 0 Å². The van der Waals surface area contributed by atoms with Gasteiger partial charge in [0.1, 0.15) is 5.82 Å². The number of aromatic nitrogens is 4. The lowest BCUT2D eigenvalue weighted by molar-refractivity contribution is -0.119. The molecule has 0 aliphatic heterocycles. The highest BCUT2D eigenvalue weighted by molar-refractivity contribution is 8.01. The number of nitrogens with zero attached hydrogens (tertiary/aromatic N) is 4. The van der Waals surface area contributed by atoms with Crippen molar-refractivity contribution in [3.63, 3.8) is 0 Å². The Balaban J connectivity index is 1.50. The lowest BCUT2D eigenvalue weighted by Gasteiger charge is -2.10. The second-order valence-electron chi connectivity index (χ2n) is 6.26. The van der Waals surface area contributed by atoms with Crippen LogP contribution in [0.4, 0.5) is 4.39 Å². The molecule has 1 saturated carbocycles. The molecule has 140 valence electrons. The Kier molecular flexibility index (Phi) is 5.17. The fraction of sp³-hybridized carbons (Fsp3) is 0.353. The monoisotopic (exact) mass is 405 g/mol. The summed E-state index contributed by atoms with van der Waals surface area (Å²) < 4.78 is 14.8. The van der Waals surface area contributed by atoms with Crippen LogP contribution >= 0.6 is 23.1 Å². The molecule has 1 aromatic carbocycles. The van der Waals surface area contributed by atoms with Gasteiger partial charge in [0.2, 0.25) is 10.9 Å². The third-order valence-electron chi connectivity index (χ3n) is 4.34. The van der Waals surface area contributed by atoms with Crippen LogP contribution < -0.4 is 10.9 Å². The Morgan fingerprint density at radius 1 is 1.26 bits per heavy atom. The summed E-state index contributed by atoms with van der Waals surface area (Å²) >= 11 is 2.47. The zero-order valence-electron chi connectivity index (χ0n) is 14.2. The van der Waals surface area contributed by atoms with Crippen LogP contribution in [0.25, 0.3) is 16.2 Å². The minimum Gasteiger partial charge on any atom is -0.353 e. The number of hydrogen-bond donors (Lipinski definition) is 1. The van der Waals surface area contributed by atoms with Crippen LogP contribution in [0.1, 0.15) is 25.7 Å². The Hall–Kier alpha value is -2.33. The minimum absolute atomic E-state index is 0.0309. The number of thioether (sulfide) groups is 1. The summed E-state index contributed by atoms with van der Waals surface area (Å²) in [6, 6.07) is 5.75. The highest BCUT2D eigenvalue weighted by atomic mass is 32.2. The summed E-state index contributed by atoms with van der Waals surface area (Å²) in [6.45, 7) is 0. The van der Waals surface area contributed by atoms with E-state index in [1.807, 2.05) is 0 Å². The van der Waals surface area contributed by atoms with Gasteiger partial charge in [0, 0.05) is 11.6 Å². The fourth-order valence-electron chi connectivity index (χ4n) is 3.01. The highest BCUT2D eigenvalue weighted by Gasteiger charge is 2.18. The molecule has 4 rings (SSSR count). The molecule has 7 nitrogen and oxygen atoms in total. The van der Waals surface area contributed by atoms with Gasteiger partial charge in [0.15, 0.2) is 10.0 Å². The van der Waals surface area contributed by atoms with Gasteiger partial charge in [-0.05, 0) is 37.1 Å². The van der Waals surface area contributed by atoms with Gasteiger partial charge in [-0.15, -0.1) is 15.3 Å². The van der Waals surface area contributed by atoms with Gasteiger partial charge < -0.3 is 5.32 Å². The molecule has 2 heterocycles. The summed E-state index contributed by atoms with van der Waals surface area (Å²) in [7, 11) is 0. The number of carbonyl (C=O) groups is 1. The number of fused-ring (bicyclic) bond motifs is 1. The second kappa shape index (κ2) is 7.73. The molecule has 1 aliphatic rings. The topological polar surface area (TPSA) is 89.3 Å². The average molecular weight is 405 g/mol. The molecule has 27 heavy (non-hydrogen) atoms. The Labute approximate surface area is 162 Å². The second-order valence-corrected chi connectivity index (χ2v) is 8.44. The molecule has 1 N–H and O–H groups in total. The first kappa shape index (κ1) is 18.1. The predicted octanol–water partition coefficient (Wildman–Crippen LogP) is 2.50. The number of benzene rings is 1. The SMILES string of the molecule is O=C(CSc1nn2c(=O)c(-c3ccc(F)cc3)nnc2s1)NC1CCCC1. The van der Waals surface area contributed by atoms with Crippen molar-refractivity contribution >= 4 is 34.0 Å². The highest BCUT2D eigenvalue weighted by Crippen LogP contribution is 2.24. The van der Waals surface area contributed by atoms with Crippen molar-refractivity contribution in [3.8, 4) is 11.3 Å². The van der Waals surface area contributed by atoms with Crippen LogP contribution in [0.5, 0.6) is 0 Å². The van der Waals surface area contributed by atoms with Gasteiger partial charge in [-0.1, -0.05) is 35.9 Å². The van der Waals surface area contributed by atoms with Crippen LogP contribution in [0.3, 0.4) is 0 Å². The van der Waals surface area contributed by atoms with Crippen LogP contribution in [-0.2, 0) is 4.79 Å². The van der Waals surface area contributed by atoms with Gasteiger partial charge >= 0.3 is 5.56 Å². The largest absolute Gasteiger partial charge is 0.353 e. The van der Waals surface area contributed by atoms with E-state index < -0.39 is 11.4 Å². The first-order valence-electron chi connectivity index (χ1n) is 8.55. The van der Waals surface area contributed by atoms with E-state index in [-0.39, 0.29) is 23.4 Å². The zero-order chi connectivity index (χ0) is 18.8. The van der Waals surface area contributed by atoms with Gasteiger partial charge in [0.25, 0.3) is 0 Å². The summed E-state index contributed by atoms with van der Waals surface area (Å²) in [6.07, 6.45) is 4.39. The zero-order valence-corrected chi connectivity index (χ0v) is 15.9. The third kappa shape index (κ3) is 4.01. The van der Waals surface area contributed by atoms with Crippen LogP contribution in [0, 0.1) is 5.82 Å². The predicted molar refractivity (Wildman–Crippen MR) is 101 cm³/mol. The van der Waals surface area contributed by atoms with E-state index in [1.54, 1.807) is 0 Å². The third-order valence-corrected chi connectivity index (χ3v) is 6.37. The maximum Gasteiger partial charge on any atom is 0.302 e. The first-order chi connectivity index (χ1) is 13.1. The quantitative estimate of drug-likeness (QED) is 0.656. The first-order valence-corrected chi connectivity index (χ1v) is 10.3. The number of carbonyl (C=O) groups excluding carboxylic acids is 1. The molecular formula is C17H16FN5O2S2. The molecule has 0 bridgehead atoms. The number of hydrogen-bond acceptors (Lipinski definition) is 7. The van der Waals surface area contributed by atoms with Crippen molar-refractivity contribution in [1.82, 2.24) is 25.1 Å². The van der Waals surface area contributed by atoms with Gasteiger partial charge in [-0.25, -0.2) is 4.39 Å².